The Bertz CT molecular complexity index is 724. The molecule has 7 heteroatoms. The van der Waals surface area contributed by atoms with E-state index in [0.717, 1.165) is 57.5 Å². The van der Waals surface area contributed by atoms with Crippen LogP contribution in [0.25, 0.3) is 0 Å². The summed E-state index contributed by atoms with van der Waals surface area (Å²) in [6, 6.07) is 4.47. The molecule has 2 heterocycles. The summed E-state index contributed by atoms with van der Waals surface area (Å²) in [6.07, 6.45) is 6.19. The Labute approximate surface area is 193 Å². The van der Waals surface area contributed by atoms with Crippen LogP contribution in [0.1, 0.15) is 44.1 Å². The summed E-state index contributed by atoms with van der Waals surface area (Å²) in [5.41, 5.74) is 1.15. The normalized spacial score (nSPS) is 20.7. The van der Waals surface area contributed by atoms with Crippen LogP contribution in [0.3, 0.4) is 0 Å². The maximum Gasteiger partial charge on any atom is 0.222 e. The Morgan fingerprint density at radius 1 is 1.03 bits per heavy atom. The Hall–Kier alpha value is -1.99. The van der Waals surface area contributed by atoms with Crippen LogP contribution in [0.4, 0.5) is 0 Å². The van der Waals surface area contributed by atoms with Gasteiger partial charge in [-0.25, -0.2) is 0 Å². The van der Waals surface area contributed by atoms with Gasteiger partial charge in [-0.15, -0.1) is 0 Å². The Kier molecular flexibility index (Phi) is 9.05. The number of ether oxygens (including phenoxy) is 3. The van der Waals surface area contributed by atoms with Crippen molar-refractivity contribution in [1.82, 2.24) is 14.7 Å². The first-order valence-corrected chi connectivity index (χ1v) is 11.9. The van der Waals surface area contributed by atoms with Gasteiger partial charge in [-0.1, -0.05) is 0 Å². The number of amides is 1. The molecule has 0 N–H and O–H groups in total. The van der Waals surface area contributed by atoms with Gasteiger partial charge in [0.05, 0.1) is 21.3 Å². The number of nitrogens with zero attached hydrogens (tertiary/aromatic N) is 3. The Morgan fingerprint density at radius 3 is 2.28 bits per heavy atom. The molecule has 1 atom stereocenters. The lowest BCUT2D eigenvalue weighted by Crippen LogP contribution is -2.44. The molecule has 180 valence electrons. The highest BCUT2D eigenvalue weighted by Crippen LogP contribution is 2.38. The van der Waals surface area contributed by atoms with Crippen molar-refractivity contribution in [2.24, 2.45) is 5.92 Å². The molecule has 1 aromatic rings. The molecular formula is C25H41N3O4. The van der Waals surface area contributed by atoms with E-state index < -0.39 is 0 Å². The number of carbonyl (C=O) groups is 1. The summed E-state index contributed by atoms with van der Waals surface area (Å²) < 4.78 is 16.5. The standard InChI is InChI=1S/C25H41N3O4/c1-26-13-10-21(11-14-26)27(2)24(29)9-8-19-7-6-12-28(17-19)18-20-15-22(30-3)25(32-5)23(16-20)31-4/h15-16,19,21H,6-14,17-18H2,1-5H3. The summed E-state index contributed by atoms with van der Waals surface area (Å²) in [5.74, 6) is 2.89. The quantitative estimate of drug-likeness (QED) is 0.579. The van der Waals surface area contributed by atoms with Crippen molar-refractivity contribution in [2.75, 3.05) is 61.6 Å². The third-order valence-electron chi connectivity index (χ3n) is 7.13. The first kappa shape index (κ1) is 24.6. The fourth-order valence-corrected chi connectivity index (χ4v) is 5.11. The van der Waals surface area contributed by atoms with Crippen LogP contribution in [-0.2, 0) is 11.3 Å². The van der Waals surface area contributed by atoms with E-state index in [9.17, 15) is 4.79 Å². The molecule has 2 saturated heterocycles. The lowest BCUT2D eigenvalue weighted by molar-refractivity contribution is -0.133. The molecule has 32 heavy (non-hydrogen) atoms. The van der Waals surface area contributed by atoms with Crippen LogP contribution in [0.15, 0.2) is 12.1 Å². The summed E-state index contributed by atoms with van der Waals surface area (Å²) >= 11 is 0. The second-order valence-corrected chi connectivity index (χ2v) is 9.35. The molecule has 0 spiro atoms. The first-order chi connectivity index (χ1) is 15.4. The lowest BCUT2D eigenvalue weighted by atomic mass is 9.92. The van der Waals surface area contributed by atoms with Crippen molar-refractivity contribution in [3.8, 4) is 17.2 Å². The van der Waals surface area contributed by atoms with Crippen molar-refractivity contribution in [3.05, 3.63) is 17.7 Å². The van der Waals surface area contributed by atoms with Crippen molar-refractivity contribution in [3.63, 3.8) is 0 Å². The van der Waals surface area contributed by atoms with Gasteiger partial charge < -0.3 is 24.0 Å². The van der Waals surface area contributed by atoms with Gasteiger partial charge in [-0.3, -0.25) is 9.69 Å². The second kappa shape index (κ2) is 11.8. The second-order valence-electron chi connectivity index (χ2n) is 9.35. The average molecular weight is 448 g/mol. The number of methoxy groups -OCH3 is 3. The molecule has 0 aliphatic carbocycles. The number of benzene rings is 1. The molecule has 1 aromatic carbocycles. The summed E-state index contributed by atoms with van der Waals surface area (Å²) in [4.78, 5) is 19.6. The molecule has 2 aliphatic heterocycles. The molecule has 0 aromatic heterocycles. The molecular weight excluding hydrogens is 406 g/mol. The van der Waals surface area contributed by atoms with E-state index >= 15 is 0 Å². The lowest BCUT2D eigenvalue weighted by Gasteiger charge is -2.36. The summed E-state index contributed by atoms with van der Waals surface area (Å²) in [5, 5.41) is 0. The van der Waals surface area contributed by atoms with Crippen LogP contribution >= 0.6 is 0 Å². The molecule has 1 unspecified atom stereocenters. The van der Waals surface area contributed by atoms with Crippen molar-refractivity contribution >= 4 is 5.91 Å². The first-order valence-electron chi connectivity index (χ1n) is 11.9. The zero-order valence-electron chi connectivity index (χ0n) is 20.6. The SMILES string of the molecule is COc1cc(CN2CCCC(CCC(=O)N(C)C3CCN(C)CC3)C2)cc(OC)c1OC. The molecule has 0 bridgehead atoms. The fourth-order valence-electron chi connectivity index (χ4n) is 5.11. The number of likely N-dealkylation sites (tertiary alicyclic amines) is 2. The number of carbonyl (C=O) groups excluding carboxylic acids is 1. The van der Waals surface area contributed by atoms with Crippen LogP contribution < -0.4 is 14.2 Å². The van der Waals surface area contributed by atoms with Gasteiger partial charge in [0.2, 0.25) is 11.7 Å². The minimum absolute atomic E-state index is 0.307. The van der Waals surface area contributed by atoms with E-state index in [1.165, 1.54) is 12.8 Å². The summed E-state index contributed by atoms with van der Waals surface area (Å²) in [6.45, 7) is 5.12. The topological polar surface area (TPSA) is 54.5 Å². The number of rotatable bonds is 9. The fraction of sp³-hybridized carbons (Fsp3) is 0.720. The molecule has 0 radical (unpaired) electrons. The van der Waals surface area contributed by atoms with E-state index in [4.69, 9.17) is 14.2 Å². The number of piperidine rings is 2. The third-order valence-corrected chi connectivity index (χ3v) is 7.13. The van der Waals surface area contributed by atoms with Gasteiger partial charge in [0, 0.05) is 32.6 Å². The predicted octanol–water partition coefficient (Wildman–Crippen LogP) is 3.26. The zero-order chi connectivity index (χ0) is 23.1. The predicted molar refractivity (Wildman–Crippen MR) is 127 cm³/mol. The Morgan fingerprint density at radius 2 is 1.69 bits per heavy atom. The minimum atomic E-state index is 0.307. The van der Waals surface area contributed by atoms with Crippen molar-refractivity contribution in [1.29, 1.82) is 0 Å². The van der Waals surface area contributed by atoms with Crippen LogP contribution in [0.5, 0.6) is 17.2 Å². The third kappa shape index (κ3) is 6.29. The highest BCUT2D eigenvalue weighted by molar-refractivity contribution is 5.76. The molecule has 2 aliphatic rings. The molecule has 7 nitrogen and oxygen atoms in total. The van der Waals surface area contributed by atoms with Crippen molar-refractivity contribution < 1.29 is 19.0 Å². The highest BCUT2D eigenvalue weighted by atomic mass is 16.5. The number of hydrogen-bond acceptors (Lipinski definition) is 6. The van der Waals surface area contributed by atoms with Crippen LogP contribution in [0, 0.1) is 5.92 Å². The maximum absolute atomic E-state index is 12.8. The van der Waals surface area contributed by atoms with Gasteiger partial charge >= 0.3 is 0 Å². The Balaban J connectivity index is 1.51. The van der Waals surface area contributed by atoms with Crippen LogP contribution in [-0.4, -0.2) is 88.3 Å². The monoisotopic (exact) mass is 447 g/mol. The largest absolute Gasteiger partial charge is 0.493 e. The maximum atomic E-state index is 12.8. The molecule has 0 saturated carbocycles. The van der Waals surface area contributed by atoms with Gasteiger partial charge in [-0.2, -0.15) is 0 Å². The number of hydrogen-bond donors (Lipinski definition) is 0. The summed E-state index contributed by atoms with van der Waals surface area (Å²) in [7, 11) is 9.08. The van der Waals surface area contributed by atoms with Gasteiger partial charge in [0.25, 0.3) is 0 Å². The zero-order valence-corrected chi connectivity index (χ0v) is 20.6. The van der Waals surface area contributed by atoms with Crippen molar-refractivity contribution in [2.45, 2.75) is 51.1 Å². The minimum Gasteiger partial charge on any atom is -0.493 e. The van der Waals surface area contributed by atoms with Gasteiger partial charge in [0.15, 0.2) is 11.5 Å². The molecule has 1 amide bonds. The van der Waals surface area contributed by atoms with Gasteiger partial charge in [0.1, 0.15) is 0 Å². The van der Waals surface area contributed by atoms with E-state index in [1.54, 1.807) is 21.3 Å². The highest BCUT2D eigenvalue weighted by Gasteiger charge is 2.26. The van der Waals surface area contributed by atoms with E-state index in [-0.39, 0.29) is 0 Å². The molecule has 2 fully saturated rings. The van der Waals surface area contributed by atoms with E-state index in [0.29, 0.717) is 41.5 Å². The van der Waals surface area contributed by atoms with Crippen LogP contribution in [0.2, 0.25) is 0 Å². The van der Waals surface area contributed by atoms with E-state index in [1.807, 2.05) is 24.1 Å². The smallest absolute Gasteiger partial charge is 0.222 e. The van der Waals surface area contributed by atoms with Gasteiger partial charge in [-0.05, 0) is 82.4 Å². The average Bonchev–Trinajstić information content (AvgIpc) is 2.82. The molecule has 3 rings (SSSR count). The van der Waals surface area contributed by atoms with E-state index in [2.05, 4.69) is 16.8 Å².